The Kier molecular flexibility index (Phi) is 6.13. The third-order valence-corrected chi connectivity index (χ3v) is 6.88. The molecule has 0 bridgehead atoms. The molecule has 1 aromatic heterocycles. The summed E-state index contributed by atoms with van der Waals surface area (Å²) in [6.45, 7) is 1.81. The summed E-state index contributed by atoms with van der Waals surface area (Å²) in [6.07, 6.45) is -4.04. The van der Waals surface area contributed by atoms with Gasteiger partial charge in [0.1, 0.15) is 10.9 Å². The van der Waals surface area contributed by atoms with Gasteiger partial charge in [0.25, 0.3) is 0 Å². The SMILES string of the molecule is Cc1ccc2[nH]cc(CC(NS(=O)(=O)c3c(Cl)cc(Cl)cc3Cl)C(F)(F)F)c2c1. The summed E-state index contributed by atoms with van der Waals surface area (Å²) in [5.41, 5.74) is 1.84. The Balaban J connectivity index is 1.99. The molecule has 2 aromatic carbocycles. The largest absolute Gasteiger partial charge is 0.405 e. The Morgan fingerprint density at radius 3 is 2.31 bits per heavy atom. The van der Waals surface area contributed by atoms with Crippen molar-refractivity contribution in [3.05, 3.63) is 62.7 Å². The lowest BCUT2D eigenvalue weighted by molar-refractivity contribution is -0.150. The van der Waals surface area contributed by atoms with Gasteiger partial charge in [-0.25, -0.2) is 8.42 Å². The van der Waals surface area contributed by atoms with Crippen molar-refractivity contribution in [3.8, 4) is 0 Å². The van der Waals surface area contributed by atoms with Gasteiger partial charge in [0, 0.05) is 22.1 Å². The number of alkyl halides is 3. The highest BCUT2D eigenvalue weighted by Crippen LogP contribution is 2.34. The lowest BCUT2D eigenvalue weighted by Gasteiger charge is -2.22. The quantitative estimate of drug-likeness (QED) is 0.473. The first-order valence-corrected chi connectivity index (χ1v) is 10.8. The zero-order chi connectivity index (χ0) is 21.6. The average molecular weight is 486 g/mol. The van der Waals surface area contributed by atoms with Crippen LogP contribution < -0.4 is 4.72 Å². The molecule has 3 rings (SSSR count). The van der Waals surface area contributed by atoms with E-state index in [2.05, 4.69) is 4.98 Å². The van der Waals surface area contributed by atoms with Crippen LogP contribution in [0.5, 0.6) is 0 Å². The van der Waals surface area contributed by atoms with Gasteiger partial charge in [-0.1, -0.05) is 46.4 Å². The molecule has 0 aliphatic heterocycles. The molecule has 0 aliphatic rings. The highest BCUT2D eigenvalue weighted by molar-refractivity contribution is 7.89. The highest BCUT2D eigenvalue weighted by atomic mass is 35.5. The van der Waals surface area contributed by atoms with Gasteiger partial charge in [-0.2, -0.15) is 17.9 Å². The summed E-state index contributed by atoms with van der Waals surface area (Å²) in [5, 5.41) is -0.112. The van der Waals surface area contributed by atoms with Gasteiger partial charge in [-0.15, -0.1) is 0 Å². The first kappa shape index (κ1) is 22.2. The van der Waals surface area contributed by atoms with Crippen LogP contribution in [0.15, 0.2) is 41.4 Å². The van der Waals surface area contributed by atoms with Crippen molar-refractivity contribution in [2.75, 3.05) is 0 Å². The van der Waals surface area contributed by atoms with Gasteiger partial charge in [-0.05, 0) is 43.2 Å². The number of rotatable bonds is 5. The topological polar surface area (TPSA) is 62.0 Å². The average Bonchev–Trinajstić information content (AvgIpc) is 2.94. The minimum Gasteiger partial charge on any atom is -0.361 e. The van der Waals surface area contributed by atoms with E-state index in [0.717, 1.165) is 17.7 Å². The number of fused-ring (bicyclic) bond motifs is 1. The van der Waals surface area contributed by atoms with E-state index in [9.17, 15) is 21.6 Å². The predicted molar refractivity (Wildman–Crippen MR) is 108 cm³/mol. The van der Waals surface area contributed by atoms with E-state index in [4.69, 9.17) is 34.8 Å². The van der Waals surface area contributed by atoms with Gasteiger partial charge < -0.3 is 4.98 Å². The number of benzene rings is 2. The number of aryl methyl sites for hydroxylation is 1. The second-order valence-corrected chi connectivity index (χ2v) is 9.38. The molecule has 0 amide bonds. The standard InChI is InChI=1S/C18H14Cl3F3N2O2S/c1-9-2-3-15-12(4-9)10(8-25-15)5-16(18(22,23)24)26-29(27,28)17-13(20)6-11(19)7-14(17)21/h2-4,6-8,16,25-26H,5H2,1H3. The van der Waals surface area contributed by atoms with Gasteiger partial charge >= 0.3 is 6.18 Å². The van der Waals surface area contributed by atoms with Crippen molar-refractivity contribution in [1.82, 2.24) is 9.71 Å². The molecule has 4 nitrogen and oxygen atoms in total. The molecule has 3 aromatic rings. The van der Waals surface area contributed by atoms with E-state index in [0.29, 0.717) is 16.5 Å². The monoisotopic (exact) mass is 484 g/mol. The first-order chi connectivity index (χ1) is 13.4. The summed E-state index contributed by atoms with van der Waals surface area (Å²) >= 11 is 17.5. The molecule has 0 saturated carbocycles. The smallest absolute Gasteiger partial charge is 0.361 e. The Morgan fingerprint density at radius 2 is 1.72 bits per heavy atom. The number of nitrogens with one attached hydrogen (secondary N) is 2. The molecule has 0 saturated heterocycles. The third kappa shape index (κ3) is 4.83. The summed E-state index contributed by atoms with van der Waals surface area (Å²) in [5.74, 6) is 0. The lowest BCUT2D eigenvalue weighted by Crippen LogP contribution is -2.46. The van der Waals surface area contributed by atoms with Crippen molar-refractivity contribution >= 4 is 55.7 Å². The molecule has 156 valence electrons. The molecule has 0 fully saturated rings. The maximum atomic E-state index is 13.7. The minimum atomic E-state index is -4.86. The molecule has 11 heteroatoms. The van der Waals surface area contributed by atoms with Crippen LogP contribution in [0.4, 0.5) is 13.2 Å². The van der Waals surface area contributed by atoms with E-state index in [1.54, 1.807) is 16.9 Å². The zero-order valence-corrected chi connectivity index (χ0v) is 17.8. The van der Waals surface area contributed by atoms with Crippen LogP contribution in [-0.2, 0) is 16.4 Å². The zero-order valence-electron chi connectivity index (χ0n) is 14.7. The Hall–Kier alpha value is -1.45. The van der Waals surface area contributed by atoms with Gasteiger partial charge in [0.2, 0.25) is 10.0 Å². The van der Waals surface area contributed by atoms with Crippen molar-refractivity contribution in [1.29, 1.82) is 0 Å². The second kappa shape index (κ2) is 8.00. The minimum absolute atomic E-state index is 0.0560. The molecule has 2 N–H and O–H groups in total. The van der Waals surface area contributed by atoms with Crippen LogP contribution in [0.25, 0.3) is 10.9 Å². The molecule has 0 spiro atoms. The summed E-state index contributed by atoms with van der Waals surface area (Å²) in [6, 6.07) is 5.08. The molecule has 1 heterocycles. The van der Waals surface area contributed by atoms with E-state index in [1.807, 2.05) is 13.0 Å². The van der Waals surface area contributed by atoms with Gasteiger partial charge in [0.05, 0.1) is 10.0 Å². The number of sulfonamides is 1. The molecule has 29 heavy (non-hydrogen) atoms. The molecule has 1 unspecified atom stereocenters. The van der Waals surface area contributed by atoms with Crippen molar-refractivity contribution in [2.45, 2.75) is 30.5 Å². The van der Waals surface area contributed by atoms with Gasteiger partial charge in [0.15, 0.2) is 0 Å². The maximum Gasteiger partial charge on any atom is 0.405 e. The number of H-pyrrole nitrogens is 1. The van der Waals surface area contributed by atoms with E-state index >= 15 is 0 Å². The van der Waals surface area contributed by atoms with E-state index in [-0.39, 0.29) is 15.1 Å². The molecule has 1 atom stereocenters. The molecule has 0 aliphatic carbocycles. The predicted octanol–water partition coefficient (Wildman–Crippen LogP) is 5.89. The molecular formula is C18H14Cl3F3N2O2S. The number of halogens is 6. The van der Waals surface area contributed by atoms with Crippen LogP contribution in [-0.4, -0.2) is 25.6 Å². The lowest BCUT2D eigenvalue weighted by atomic mass is 10.0. The highest BCUT2D eigenvalue weighted by Gasteiger charge is 2.43. The van der Waals surface area contributed by atoms with Crippen LogP contribution in [0.1, 0.15) is 11.1 Å². The fourth-order valence-corrected chi connectivity index (χ4v) is 5.70. The Morgan fingerprint density at radius 1 is 1.10 bits per heavy atom. The van der Waals surface area contributed by atoms with Crippen molar-refractivity contribution in [3.63, 3.8) is 0 Å². The summed E-state index contributed by atoms with van der Waals surface area (Å²) in [7, 11) is -4.69. The van der Waals surface area contributed by atoms with Crippen LogP contribution >= 0.6 is 34.8 Å². The van der Waals surface area contributed by atoms with Crippen LogP contribution in [0, 0.1) is 6.92 Å². The normalized spacial score (nSPS) is 13.8. The fourth-order valence-electron chi connectivity index (χ4n) is 2.94. The number of aromatic nitrogens is 1. The Bertz CT molecular complexity index is 1150. The summed E-state index contributed by atoms with van der Waals surface area (Å²) < 4.78 is 68.0. The van der Waals surface area contributed by atoms with Gasteiger partial charge in [-0.3, -0.25) is 0 Å². The number of aromatic amines is 1. The number of hydrogen-bond acceptors (Lipinski definition) is 2. The van der Waals surface area contributed by atoms with E-state index in [1.165, 1.54) is 6.20 Å². The summed E-state index contributed by atoms with van der Waals surface area (Å²) in [4.78, 5) is 2.23. The van der Waals surface area contributed by atoms with Crippen LogP contribution in [0.2, 0.25) is 15.1 Å². The fraction of sp³-hybridized carbons (Fsp3) is 0.222. The molecular weight excluding hydrogens is 472 g/mol. The number of hydrogen-bond donors (Lipinski definition) is 2. The maximum absolute atomic E-state index is 13.7. The third-order valence-electron chi connectivity index (χ3n) is 4.27. The first-order valence-electron chi connectivity index (χ1n) is 8.18. The van der Waals surface area contributed by atoms with E-state index < -0.39 is 33.6 Å². The Labute approximate surface area is 180 Å². The van der Waals surface area contributed by atoms with Crippen molar-refractivity contribution < 1.29 is 21.6 Å². The molecule has 0 radical (unpaired) electrons. The van der Waals surface area contributed by atoms with Crippen LogP contribution in [0.3, 0.4) is 0 Å². The second-order valence-electron chi connectivity index (χ2n) is 6.48. The van der Waals surface area contributed by atoms with Crippen molar-refractivity contribution in [2.24, 2.45) is 0 Å².